The first-order chi connectivity index (χ1) is 12.7. The summed E-state index contributed by atoms with van der Waals surface area (Å²) in [6.07, 6.45) is 6.32. The van der Waals surface area contributed by atoms with Crippen molar-refractivity contribution in [3.05, 3.63) is 58.5 Å². The Labute approximate surface area is 156 Å². The monoisotopic (exact) mass is 365 g/mol. The van der Waals surface area contributed by atoms with E-state index in [-0.39, 0.29) is 5.91 Å². The number of nitrogens with zero attached hydrogens (tertiary/aromatic N) is 2. The molecular formula is C20H19N3O2S. The van der Waals surface area contributed by atoms with Crippen molar-refractivity contribution in [2.45, 2.75) is 26.2 Å². The van der Waals surface area contributed by atoms with E-state index in [9.17, 15) is 4.79 Å². The van der Waals surface area contributed by atoms with Crippen LogP contribution in [-0.2, 0) is 12.8 Å². The Bertz CT molecular complexity index is 981. The fourth-order valence-electron chi connectivity index (χ4n) is 3.18. The zero-order valence-corrected chi connectivity index (χ0v) is 15.5. The van der Waals surface area contributed by atoms with Crippen molar-refractivity contribution in [3.8, 4) is 16.2 Å². The number of hydrogen-bond acceptors (Lipinski definition) is 5. The Kier molecular flexibility index (Phi) is 4.42. The number of nitrogens with one attached hydrogen (secondary N) is 1. The van der Waals surface area contributed by atoms with Gasteiger partial charge in [0.25, 0.3) is 5.91 Å². The molecule has 0 radical (unpaired) electrons. The van der Waals surface area contributed by atoms with Gasteiger partial charge in [-0.1, -0.05) is 6.07 Å². The summed E-state index contributed by atoms with van der Waals surface area (Å²) in [4.78, 5) is 22.5. The lowest BCUT2D eigenvalue weighted by molar-refractivity contribution is 0.102. The molecule has 5 nitrogen and oxygen atoms in total. The summed E-state index contributed by atoms with van der Waals surface area (Å²) < 4.78 is 5.38. The summed E-state index contributed by atoms with van der Waals surface area (Å²) in [6.45, 7) is 1.92. The van der Waals surface area contributed by atoms with Crippen LogP contribution < -0.4 is 10.1 Å². The molecule has 6 heteroatoms. The first-order valence-electron chi connectivity index (χ1n) is 8.54. The van der Waals surface area contributed by atoms with Crippen LogP contribution in [0.5, 0.6) is 5.75 Å². The zero-order chi connectivity index (χ0) is 18.1. The molecule has 0 saturated carbocycles. The van der Waals surface area contributed by atoms with Gasteiger partial charge in [-0.2, -0.15) is 0 Å². The third kappa shape index (κ3) is 3.08. The molecule has 0 saturated heterocycles. The highest BCUT2D eigenvalue weighted by Crippen LogP contribution is 2.38. The Morgan fingerprint density at radius 3 is 2.96 bits per heavy atom. The number of aryl methyl sites for hydroxylation is 3. The molecule has 26 heavy (non-hydrogen) atoms. The highest BCUT2D eigenvalue weighted by atomic mass is 32.1. The number of thiazole rings is 1. The number of amides is 1. The van der Waals surface area contributed by atoms with Crippen molar-refractivity contribution >= 4 is 22.9 Å². The number of ether oxygens (including phenoxy) is 1. The first kappa shape index (κ1) is 16.7. The highest BCUT2D eigenvalue weighted by Gasteiger charge is 2.22. The minimum Gasteiger partial charge on any atom is -0.497 e. The molecule has 1 aliphatic carbocycles. The molecule has 0 fully saturated rings. The third-order valence-corrected chi connectivity index (χ3v) is 5.71. The maximum atomic E-state index is 12.7. The molecule has 0 spiro atoms. The molecule has 0 bridgehead atoms. The normalized spacial score (nSPS) is 12.7. The van der Waals surface area contributed by atoms with Crippen LogP contribution in [0.3, 0.4) is 0 Å². The van der Waals surface area contributed by atoms with Crippen molar-refractivity contribution in [2.24, 2.45) is 0 Å². The molecule has 3 aromatic rings. The Balaban J connectivity index is 1.70. The minimum absolute atomic E-state index is 0.179. The van der Waals surface area contributed by atoms with Gasteiger partial charge >= 0.3 is 0 Å². The van der Waals surface area contributed by atoms with Gasteiger partial charge in [-0.25, -0.2) is 4.98 Å². The van der Waals surface area contributed by atoms with Crippen LogP contribution in [0, 0.1) is 6.92 Å². The Morgan fingerprint density at radius 2 is 2.15 bits per heavy atom. The molecule has 0 unspecified atom stereocenters. The minimum atomic E-state index is -0.179. The number of aromatic nitrogens is 2. The van der Waals surface area contributed by atoms with Gasteiger partial charge in [-0.15, -0.1) is 11.3 Å². The van der Waals surface area contributed by atoms with Gasteiger partial charge < -0.3 is 10.1 Å². The van der Waals surface area contributed by atoms with E-state index in [4.69, 9.17) is 4.74 Å². The lowest BCUT2D eigenvalue weighted by atomic mass is 10.0. The molecule has 0 atom stereocenters. The molecule has 4 rings (SSSR count). The van der Waals surface area contributed by atoms with Crippen LogP contribution >= 0.6 is 11.3 Å². The molecule has 1 amide bonds. The number of carbonyl (C=O) groups is 1. The van der Waals surface area contributed by atoms with Crippen LogP contribution in [0.25, 0.3) is 10.4 Å². The number of pyridine rings is 1. The molecule has 132 valence electrons. The van der Waals surface area contributed by atoms with Crippen molar-refractivity contribution in [2.75, 3.05) is 12.4 Å². The average Bonchev–Trinajstić information content (AvgIpc) is 3.00. The lowest BCUT2D eigenvalue weighted by Crippen LogP contribution is -2.12. The van der Waals surface area contributed by atoms with Gasteiger partial charge in [-0.3, -0.25) is 9.78 Å². The second-order valence-electron chi connectivity index (χ2n) is 6.32. The fourth-order valence-corrected chi connectivity index (χ4v) is 4.23. The maximum absolute atomic E-state index is 12.7. The fraction of sp³-hybridized carbons (Fsp3) is 0.250. The molecule has 1 aromatic carbocycles. The van der Waals surface area contributed by atoms with E-state index in [1.807, 2.05) is 19.1 Å². The summed E-state index contributed by atoms with van der Waals surface area (Å²) in [6, 6.07) is 7.95. The number of fused-ring (bicyclic) bond motifs is 3. The van der Waals surface area contributed by atoms with Crippen molar-refractivity contribution in [3.63, 3.8) is 0 Å². The van der Waals surface area contributed by atoms with Crippen LogP contribution in [0.4, 0.5) is 5.69 Å². The molecule has 2 aromatic heterocycles. The second-order valence-corrected chi connectivity index (χ2v) is 7.32. The topological polar surface area (TPSA) is 64.1 Å². The van der Waals surface area contributed by atoms with Crippen LogP contribution in [-0.4, -0.2) is 23.0 Å². The quantitative estimate of drug-likeness (QED) is 0.753. The number of carbonyl (C=O) groups excluding carboxylic acids is 1. The number of hydrogen-bond donors (Lipinski definition) is 1. The predicted molar refractivity (Wildman–Crippen MR) is 103 cm³/mol. The number of rotatable bonds is 3. The molecule has 1 N–H and O–H groups in total. The van der Waals surface area contributed by atoms with E-state index in [1.165, 1.54) is 16.9 Å². The SMILES string of the molecule is COc1ccc2c(c1)-c1sc(C(=O)Nc3ccncc3C)nc1CCC2. The average molecular weight is 365 g/mol. The van der Waals surface area contributed by atoms with Crippen molar-refractivity contribution in [1.82, 2.24) is 9.97 Å². The summed E-state index contributed by atoms with van der Waals surface area (Å²) in [7, 11) is 1.67. The van der Waals surface area contributed by atoms with E-state index in [1.54, 1.807) is 25.6 Å². The van der Waals surface area contributed by atoms with Crippen molar-refractivity contribution < 1.29 is 9.53 Å². The number of benzene rings is 1. The van der Waals surface area contributed by atoms with Gasteiger partial charge in [0, 0.05) is 23.6 Å². The number of anilines is 1. The summed E-state index contributed by atoms with van der Waals surface area (Å²) in [5.41, 5.74) is 5.10. The smallest absolute Gasteiger partial charge is 0.284 e. The second kappa shape index (κ2) is 6.88. The summed E-state index contributed by atoms with van der Waals surface area (Å²) in [5.74, 6) is 0.644. The molecule has 2 heterocycles. The lowest BCUT2D eigenvalue weighted by Gasteiger charge is -2.08. The van der Waals surface area contributed by atoms with Crippen LogP contribution in [0.1, 0.15) is 33.0 Å². The molecule has 1 aliphatic rings. The standard InChI is InChI=1S/C20H19N3O2S/c1-12-11-21-9-8-16(12)22-19(24)20-23-17-5-3-4-13-6-7-14(25-2)10-15(13)18(17)26-20/h6-11H,3-5H2,1-2H3,(H,21,22,24). The van der Waals surface area contributed by atoms with Gasteiger partial charge in [-0.05, 0) is 55.5 Å². The van der Waals surface area contributed by atoms with Gasteiger partial charge in [0.2, 0.25) is 0 Å². The Hall–Kier alpha value is -2.73. The summed E-state index contributed by atoms with van der Waals surface area (Å²) >= 11 is 1.45. The van der Waals surface area contributed by atoms with E-state index in [0.717, 1.165) is 52.4 Å². The molecule has 0 aliphatic heterocycles. The van der Waals surface area contributed by atoms with Crippen molar-refractivity contribution in [1.29, 1.82) is 0 Å². The van der Waals surface area contributed by atoms with E-state index in [0.29, 0.717) is 5.01 Å². The zero-order valence-electron chi connectivity index (χ0n) is 14.7. The maximum Gasteiger partial charge on any atom is 0.284 e. The Morgan fingerprint density at radius 1 is 1.27 bits per heavy atom. The first-order valence-corrected chi connectivity index (χ1v) is 9.36. The largest absolute Gasteiger partial charge is 0.497 e. The van der Waals surface area contributed by atoms with E-state index < -0.39 is 0 Å². The van der Waals surface area contributed by atoms with Crippen LogP contribution in [0.2, 0.25) is 0 Å². The van der Waals surface area contributed by atoms with Gasteiger partial charge in [0.15, 0.2) is 5.01 Å². The third-order valence-electron chi connectivity index (χ3n) is 4.58. The summed E-state index contributed by atoms with van der Waals surface area (Å²) in [5, 5.41) is 3.43. The predicted octanol–water partition coefficient (Wildman–Crippen LogP) is 4.26. The highest BCUT2D eigenvalue weighted by molar-refractivity contribution is 7.17. The van der Waals surface area contributed by atoms with Gasteiger partial charge in [0.1, 0.15) is 5.75 Å². The molecular weight excluding hydrogens is 346 g/mol. The van der Waals surface area contributed by atoms with E-state index in [2.05, 4.69) is 21.4 Å². The number of methoxy groups -OCH3 is 1. The van der Waals surface area contributed by atoms with E-state index >= 15 is 0 Å². The van der Waals surface area contributed by atoms with Gasteiger partial charge in [0.05, 0.1) is 17.7 Å². The van der Waals surface area contributed by atoms with Crippen LogP contribution in [0.15, 0.2) is 36.7 Å².